The van der Waals surface area contributed by atoms with Crippen molar-refractivity contribution in [2.75, 3.05) is 5.32 Å². The van der Waals surface area contributed by atoms with E-state index in [-0.39, 0.29) is 17.3 Å². The molecule has 1 fully saturated rings. The molecule has 146 valence electrons. The highest BCUT2D eigenvalue weighted by atomic mass is 19.4. The third kappa shape index (κ3) is 2.87. The van der Waals surface area contributed by atoms with Crippen molar-refractivity contribution < 1.29 is 17.9 Å². The summed E-state index contributed by atoms with van der Waals surface area (Å²) in [6.07, 6.45) is 1.79. The van der Waals surface area contributed by atoms with Crippen molar-refractivity contribution in [3.05, 3.63) is 47.9 Å². The first kappa shape index (κ1) is 17.3. The average molecular weight is 388 g/mol. The van der Waals surface area contributed by atoms with Crippen LogP contribution >= 0.6 is 0 Å². The molecule has 2 N–H and O–H groups in total. The van der Waals surface area contributed by atoms with Gasteiger partial charge in [0.1, 0.15) is 34.8 Å². The lowest BCUT2D eigenvalue weighted by molar-refractivity contribution is -0.140. The molecule has 8 heteroatoms. The van der Waals surface area contributed by atoms with Crippen molar-refractivity contribution >= 4 is 16.9 Å². The fourth-order valence-electron chi connectivity index (χ4n) is 4.45. The van der Waals surface area contributed by atoms with Crippen molar-refractivity contribution in [1.29, 1.82) is 0 Å². The number of aromatic nitrogens is 3. The number of fused-ring (bicyclic) bond motifs is 2. The predicted molar refractivity (Wildman–Crippen MR) is 98.1 cm³/mol. The van der Waals surface area contributed by atoms with E-state index < -0.39 is 11.9 Å². The molecule has 1 aliphatic heterocycles. The number of rotatable bonds is 2. The summed E-state index contributed by atoms with van der Waals surface area (Å²) in [6, 6.07) is 8.80. The second-order valence-electron chi connectivity index (χ2n) is 7.60. The highest BCUT2D eigenvalue weighted by molar-refractivity contribution is 5.88. The van der Waals surface area contributed by atoms with Gasteiger partial charge in [0.05, 0.1) is 11.4 Å². The van der Waals surface area contributed by atoms with Gasteiger partial charge in [-0.25, -0.2) is 9.97 Å². The lowest BCUT2D eigenvalue weighted by Gasteiger charge is -2.40. The number of benzene rings is 1. The normalized spacial score (nSPS) is 20.9. The Hall–Kier alpha value is -2.77. The summed E-state index contributed by atoms with van der Waals surface area (Å²) in [5, 5.41) is 3.71. The van der Waals surface area contributed by atoms with Gasteiger partial charge >= 0.3 is 6.18 Å². The number of hydrogen-bond donors (Lipinski definition) is 2. The topological polar surface area (TPSA) is 62.8 Å². The van der Waals surface area contributed by atoms with Gasteiger partial charge in [0, 0.05) is 12.0 Å². The number of H-pyrrole nitrogens is 1. The summed E-state index contributed by atoms with van der Waals surface area (Å²) in [7, 11) is 0. The summed E-state index contributed by atoms with van der Waals surface area (Å²) in [5.41, 5.74) is 0.123. The molecule has 0 bridgehead atoms. The van der Waals surface area contributed by atoms with Crippen molar-refractivity contribution in [2.24, 2.45) is 0 Å². The minimum absolute atomic E-state index is 0.0922. The number of nitrogens with one attached hydrogen (secondary N) is 2. The number of halogens is 3. The van der Waals surface area contributed by atoms with Crippen LogP contribution in [-0.2, 0) is 6.18 Å². The Bertz CT molecular complexity index is 1020. The highest BCUT2D eigenvalue weighted by Crippen LogP contribution is 2.48. The van der Waals surface area contributed by atoms with Crippen LogP contribution in [0.3, 0.4) is 0 Å². The molecule has 0 saturated heterocycles. The monoisotopic (exact) mass is 388 g/mol. The van der Waals surface area contributed by atoms with Gasteiger partial charge in [-0.15, -0.1) is 0 Å². The van der Waals surface area contributed by atoms with Crippen LogP contribution in [0.2, 0.25) is 0 Å². The van der Waals surface area contributed by atoms with Crippen LogP contribution in [0.5, 0.6) is 5.75 Å². The molecule has 2 aliphatic rings. The summed E-state index contributed by atoms with van der Waals surface area (Å²) in [5.74, 6) is 1.23. The van der Waals surface area contributed by atoms with E-state index in [1.165, 1.54) is 6.33 Å². The molecule has 3 heterocycles. The number of hydrogen-bond acceptors (Lipinski definition) is 4. The summed E-state index contributed by atoms with van der Waals surface area (Å²) >= 11 is 0. The van der Waals surface area contributed by atoms with Crippen LogP contribution in [0.1, 0.15) is 49.4 Å². The third-order valence-electron chi connectivity index (χ3n) is 5.75. The Balaban J connectivity index is 1.54. The Morgan fingerprint density at radius 1 is 1.14 bits per heavy atom. The number of para-hydroxylation sites is 1. The standard InChI is InChI=1S/C20H19F3N4O/c21-20(22,23)16-9-13-17(24-11-25-18(13)27-16)26-14-10-19(7-3-4-8-19)28-15-6-2-1-5-12(14)15/h1-2,5-6,9,11,14H,3-4,7-8,10H2,(H2,24,25,26,27)/t14-/m0/s1. The van der Waals surface area contributed by atoms with E-state index in [0.717, 1.165) is 49.5 Å². The first-order valence-corrected chi connectivity index (χ1v) is 9.39. The van der Waals surface area contributed by atoms with Crippen molar-refractivity contribution in [1.82, 2.24) is 15.0 Å². The van der Waals surface area contributed by atoms with E-state index >= 15 is 0 Å². The number of aromatic amines is 1. The maximum Gasteiger partial charge on any atom is 0.431 e. The van der Waals surface area contributed by atoms with Gasteiger partial charge in [-0.05, 0) is 37.8 Å². The Morgan fingerprint density at radius 2 is 1.93 bits per heavy atom. The second-order valence-corrected chi connectivity index (χ2v) is 7.60. The fourth-order valence-corrected chi connectivity index (χ4v) is 4.45. The molecule has 0 amide bonds. The molecule has 1 atom stereocenters. The summed E-state index contributed by atoms with van der Waals surface area (Å²) in [6.45, 7) is 0. The first-order chi connectivity index (χ1) is 13.4. The van der Waals surface area contributed by atoms with E-state index in [1.807, 2.05) is 24.3 Å². The summed E-state index contributed by atoms with van der Waals surface area (Å²) in [4.78, 5) is 10.5. The first-order valence-electron chi connectivity index (χ1n) is 9.39. The Kier molecular flexibility index (Phi) is 3.79. The molecule has 5 nitrogen and oxygen atoms in total. The quantitative estimate of drug-likeness (QED) is 0.631. The van der Waals surface area contributed by atoms with E-state index in [0.29, 0.717) is 11.2 Å². The van der Waals surface area contributed by atoms with Crippen LogP contribution in [0.15, 0.2) is 36.7 Å². The van der Waals surface area contributed by atoms with Gasteiger partial charge in [-0.3, -0.25) is 0 Å². The molecule has 1 spiro atoms. The lowest BCUT2D eigenvalue weighted by Crippen LogP contribution is -2.40. The van der Waals surface area contributed by atoms with Gasteiger partial charge in [0.2, 0.25) is 0 Å². The zero-order valence-corrected chi connectivity index (χ0v) is 15.0. The van der Waals surface area contributed by atoms with Gasteiger partial charge < -0.3 is 15.0 Å². The van der Waals surface area contributed by atoms with Gasteiger partial charge in [-0.2, -0.15) is 13.2 Å². The molecule has 1 aliphatic carbocycles. The number of nitrogens with zero attached hydrogens (tertiary/aromatic N) is 2. The molecule has 0 radical (unpaired) electrons. The fraction of sp³-hybridized carbons (Fsp3) is 0.400. The molecule has 1 aromatic carbocycles. The van der Waals surface area contributed by atoms with Crippen molar-refractivity contribution in [3.8, 4) is 5.75 Å². The zero-order chi connectivity index (χ0) is 19.4. The smallest absolute Gasteiger partial charge is 0.431 e. The predicted octanol–water partition coefficient (Wildman–Crippen LogP) is 5.23. The average Bonchev–Trinajstić information content (AvgIpc) is 3.29. The maximum atomic E-state index is 13.1. The molecular weight excluding hydrogens is 369 g/mol. The Morgan fingerprint density at radius 3 is 2.71 bits per heavy atom. The minimum Gasteiger partial charge on any atom is -0.487 e. The highest BCUT2D eigenvalue weighted by Gasteiger charge is 2.43. The maximum absolute atomic E-state index is 13.1. The molecule has 5 rings (SSSR count). The molecule has 28 heavy (non-hydrogen) atoms. The SMILES string of the molecule is FC(F)(F)c1cc2c(N[C@H]3CC4(CCCC4)Oc4ccccc43)ncnc2[nH]1. The van der Waals surface area contributed by atoms with Gasteiger partial charge in [-0.1, -0.05) is 18.2 Å². The van der Waals surface area contributed by atoms with Crippen molar-refractivity contribution in [3.63, 3.8) is 0 Å². The number of alkyl halides is 3. The van der Waals surface area contributed by atoms with Crippen LogP contribution in [0.25, 0.3) is 11.0 Å². The number of ether oxygens (including phenoxy) is 1. The van der Waals surface area contributed by atoms with Gasteiger partial charge in [0.15, 0.2) is 0 Å². The van der Waals surface area contributed by atoms with Crippen LogP contribution < -0.4 is 10.1 Å². The summed E-state index contributed by atoms with van der Waals surface area (Å²) < 4.78 is 45.6. The molecule has 0 unspecified atom stereocenters. The van der Waals surface area contributed by atoms with E-state index in [1.54, 1.807) is 0 Å². The van der Waals surface area contributed by atoms with Crippen LogP contribution in [0.4, 0.5) is 19.0 Å². The van der Waals surface area contributed by atoms with Crippen LogP contribution in [0, 0.1) is 0 Å². The van der Waals surface area contributed by atoms with Gasteiger partial charge in [0.25, 0.3) is 0 Å². The molecular formula is C20H19F3N4O. The zero-order valence-electron chi connectivity index (χ0n) is 15.0. The van der Waals surface area contributed by atoms with E-state index in [2.05, 4.69) is 20.3 Å². The minimum atomic E-state index is -4.46. The Labute approximate surface area is 159 Å². The molecule has 1 saturated carbocycles. The second kappa shape index (κ2) is 6.12. The largest absolute Gasteiger partial charge is 0.487 e. The van der Waals surface area contributed by atoms with E-state index in [9.17, 15) is 13.2 Å². The van der Waals surface area contributed by atoms with Crippen LogP contribution in [-0.4, -0.2) is 20.6 Å². The number of anilines is 1. The van der Waals surface area contributed by atoms with Crippen molar-refractivity contribution in [2.45, 2.75) is 49.9 Å². The lowest BCUT2D eigenvalue weighted by atomic mass is 9.86. The third-order valence-corrected chi connectivity index (χ3v) is 5.75. The molecule has 3 aromatic rings. The molecule has 2 aromatic heterocycles. The van der Waals surface area contributed by atoms with E-state index in [4.69, 9.17) is 4.74 Å².